The molecule has 33 heavy (non-hydrogen) atoms. The Kier molecular flexibility index (Phi) is 5.97. The van der Waals surface area contributed by atoms with Gasteiger partial charge in [-0.25, -0.2) is 9.97 Å². The van der Waals surface area contributed by atoms with Crippen molar-refractivity contribution in [2.75, 3.05) is 31.6 Å². The number of nitrogens with one attached hydrogen (secondary N) is 1. The van der Waals surface area contributed by atoms with Crippen molar-refractivity contribution >= 4 is 34.1 Å². The number of ether oxygens (including phenoxy) is 1. The molecule has 1 N–H and O–H groups in total. The fourth-order valence-electron chi connectivity index (χ4n) is 3.98. The van der Waals surface area contributed by atoms with Crippen LogP contribution in [0.15, 0.2) is 48.9 Å². The molecule has 3 heterocycles. The smallest absolute Gasteiger partial charge is 0.227 e. The molecule has 0 amide bonds. The van der Waals surface area contributed by atoms with Crippen molar-refractivity contribution in [1.29, 1.82) is 0 Å². The van der Waals surface area contributed by atoms with E-state index < -0.39 is 0 Å². The minimum absolute atomic E-state index is 0.493. The van der Waals surface area contributed by atoms with Crippen molar-refractivity contribution in [3.8, 4) is 23.5 Å². The maximum Gasteiger partial charge on any atom is 0.227 e. The highest BCUT2D eigenvalue weighted by molar-refractivity contribution is 6.36. The number of hydrogen-bond donors (Lipinski definition) is 1. The second-order valence-electron chi connectivity index (χ2n) is 8.03. The molecular weight excluding hydrogens is 436 g/mol. The number of nitrogens with zero attached hydrogens (tertiary/aromatic N) is 5. The SMILES string of the molecule is C#Cc1ccc2nc(Nc3cc(CN4CCOCC4)cc(-c4cnn(C)c4)c3)ncc2c1Cl. The second kappa shape index (κ2) is 9.20. The van der Waals surface area contributed by atoms with Gasteiger partial charge in [-0.05, 0) is 41.5 Å². The van der Waals surface area contributed by atoms with Crippen molar-refractivity contribution < 1.29 is 4.74 Å². The molecular formula is C25H23ClN6O. The van der Waals surface area contributed by atoms with Crippen molar-refractivity contribution in [1.82, 2.24) is 24.6 Å². The first-order chi connectivity index (χ1) is 16.1. The fourth-order valence-corrected chi connectivity index (χ4v) is 4.25. The monoisotopic (exact) mass is 458 g/mol. The molecule has 1 aliphatic heterocycles. The third-order valence-electron chi connectivity index (χ3n) is 5.65. The van der Waals surface area contributed by atoms with Crippen LogP contribution in [0.2, 0.25) is 5.02 Å². The van der Waals surface area contributed by atoms with Gasteiger partial charge < -0.3 is 10.1 Å². The summed E-state index contributed by atoms with van der Waals surface area (Å²) in [5.74, 6) is 3.08. The van der Waals surface area contributed by atoms with E-state index in [-0.39, 0.29) is 0 Å². The maximum atomic E-state index is 6.39. The number of halogens is 1. The zero-order valence-corrected chi connectivity index (χ0v) is 19.0. The van der Waals surface area contributed by atoms with Gasteiger partial charge in [-0.2, -0.15) is 5.10 Å². The summed E-state index contributed by atoms with van der Waals surface area (Å²) in [5, 5.41) is 8.91. The molecule has 2 aromatic carbocycles. The van der Waals surface area contributed by atoms with Gasteiger partial charge in [-0.1, -0.05) is 17.5 Å². The summed E-state index contributed by atoms with van der Waals surface area (Å²) in [6, 6.07) is 10.1. The number of benzene rings is 2. The van der Waals surface area contributed by atoms with Crippen LogP contribution in [-0.4, -0.2) is 51.0 Å². The van der Waals surface area contributed by atoms with E-state index in [1.807, 2.05) is 25.5 Å². The molecule has 1 fully saturated rings. The van der Waals surface area contributed by atoms with Crippen LogP contribution in [0, 0.1) is 12.3 Å². The number of terminal acetylenes is 1. The Labute approximate surface area is 197 Å². The molecule has 5 rings (SSSR count). The van der Waals surface area contributed by atoms with Gasteiger partial charge in [0, 0.05) is 61.3 Å². The standard InChI is InChI=1S/C25H23ClN6O/c1-3-18-4-5-23-22(24(18)26)14-27-25(30-23)29-21-11-17(15-32-6-8-33-9-7-32)10-19(12-21)20-13-28-31(2)16-20/h1,4-5,10-14,16H,6-9,15H2,2H3,(H,27,29,30). The second-order valence-corrected chi connectivity index (χ2v) is 8.41. The first kappa shape index (κ1) is 21.4. The number of fused-ring (bicyclic) bond motifs is 1. The molecule has 4 aromatic rings. The van der Waals surface area contributed by atoms with E-state index in [1.165, 1.54) is 5.56 Å². The van der Waals surface area contributed by atoms with Gasteiger partial charge in [0.15, 0.2) is 0 Å². The highest BCUT2D eigenvalue weighted by atomic mass is 35.5. The molecule has 0 unspecified atom stereocenters. The molecule has 1 aliphatic rings. The van der Waals surface area contributed by atoms with Crippen LogP contribution in [-0.2, 0) is 18.3 Å². The zero-order valence-electron chi connectivity index (χ0n) is 18.3. The lowest BCUT2D eigenvalue weighted by atomic mass is 10.0. The molecule has 2 aromatic heterocycles. The molecule has 0 bridgehead atoms. The lowest BCUT2D eigenvalue weighted by molar-refractivity contribution is 0.0342. The normalized spacial score (nSPS) is 14.3. The lowest BCUT2D eigenvalue weighted by Gasteiger charge is -2.27. The highest BCUT2D eigenvalue weighted by Crippen LogP contribution is 2.29. The van der Waals surface area contributed by atoms with Crippen LogP contribution < -0.4 is 5.32 Å². The van der Waals surface area contributed by atoms with E-state index in [4.69, 9.17) is 22.8 Å². The Bertz CT molecular complexity index is 1350. The van der Waals surface area contributed by atoms with Crippen LogP contribution in [0.1, 0.15) is 11.1 Å². The van der Waals surface area contributed by atoms with E-state index in [2.05, 4.69) is 49.4 Å². The molecule has 0 aliphatic carbocycles. The van der Waals surface area contributed by atoms with E-state index >= 15 is 0 Å². The molecule has 0 radical (unpaired) electrons. The zero-order chi connectivity index (χ0) is 22.8. The maximum absolute atomic E-state index is 6.39. The molecule has 166 valence electrons. The van der Waals surface area contributed by atoms with Crippen LogP contribution >= 0.6 is 11.6 Å². The number of aromatic nitrogens is 4. The van der Waals surface area contributed by atoms with E-state index in [1.54, 1.807) is 16.9 Å². The molecule has 7 nitrogen and oxygen atoms in total. The van der Waals surface area contributed by atoms with Gasteiger partial charge in [0.2, 0.25) is 5.95 Å². The summed E-state index contributed by atoms with van der Waals surface area (Å²) >= 11 is 6.39. The number of hydrogen-bond acceptors (Lipinski definition) is 6. The third kappa shape index (κ3) is 4.69. The van der Waals surface area contributed by atoms with Gasteiger partial charge in [0.05, 0.1) is 29.9 Å². The largest absolute Gasteiger partial charge is 0.379 e. The quantitative estimate of drug-likeness (QED) is 0.451. The lowest BCUT2D eigenvalue weighted by Crippen LogP contribution is -2.35. The Morgan fingerprint density at radius 1 is 1.15 bits per heavy atom. The minimum Gasteiger partial charge on any atom is -0.379 e. The van der Waals surface area contributed by atoms with Crippen molar-refractivity contribution in [2.45, 2.75) is 6.54 Å². The predicted molar refractivity (Wildman–Crippen MR) is 131 cm³/mol. The number of morpholine rings is 1. The summed E-state index contributed by atoms with van der Waals surface area (Å²) in [4.78, 5) is 11.5. The van der Waals surface area contributed by atoms with Gasteiger partial charge in [-0.15, -0.1) is 6.42 Å². The van der Waals surface area contributed by atoms with Crippen LogP contribution in [0.25, 0.3) is 22.0 Å². The van der Waals surface area contributed by atoms with Crippen LogP contribution in [0.5, 0.6) is 0 Å². The summed E-state index contributed by atoms with van der Waals surface area (Å²) in [6.07, 6.45) is 11.1. The van der Waals surface area contributed by atoms with Crippen molar-refractivity contribution in [3.05, 3.63) is 65.1 Å². The van der Waals surface area contributed by atoms with E-state index in [9.17, 15) is 0 Å². The van der Waals surface area contributed by atoms with Gasteiger partial charge in [-0.3, -0.25) is 9.58 Å². The summed E-state index contributed by atoms with van der Waals surface area (Å²) in [5.41, 5.74) is 5.60. The molecule has 0 atom stereocenters. The van der Waals surface area contributed by atoms with Crippen molar-refractivity contribution in [2.24, 2.45) is 7.05 Å². The Hall–Kier alpha value is -3.44. The van der Waals surface area contributed by atoms with Gasteiger partial charge >= 0.3 is 0 Å². The van der Waals surface area contributed by atoms with E-state index in [0.29, 0.717) is 16.5 Å². The average Bonchev–Trinajstić information content (AvgIpc) is 3.26. The Balaban J connectivity index is 1.48. The van der Waals surface area contributed by atoms with Gasteiger partial charge in [0.1, 0.15) is 0 Å². The minimum atomic E-state index is 0.493. The van der Waals surface area contributed by atoms with Gasteiger partial charge in [0.25, 0.3) is 0 Å². The van der Waals surface area contributed by atoms with E-state index in [0.717, 1.165) is 60.6 Å². The summed E-state index contributed by atoms with van der Waals surface area (Å²) < 4.78 is 7.30. The Morgan fingerprint density at radius 3 is 2.76 bits per heavy atom. The average molecular weight is 459 g/mol. The topological polar surface area (TPSA) is 68.1 Å². The van der Waals surface area contributed by atoms with Crippen molar-refractivity contribution in [3.63, 3.8) is 0 Å². The van der Waals surface area contributed by atoms with Crippen LogP contribution in [0.3, 0.4) is 0 Å². The molecule has 0 spiro atoms. The third-order valence-corrected chi connectivity index (χ3v) is 6.06. The summed E-state index contributed by atoms with van der Waals surface area (Å²) in [6.45, 7) is 4.22. The Morgan fingerprint density at radius 2 is 2.00 bits per heavy atom. The number of aryl methyl sites for hydroxylation is 1. The number of rotatable bonds is 5. The first-order valence-electron chi connectivity index (χ1n) is 10.7. The molecule has 0 saturated carbocycles. The predicted octanol–water partition coefficient (Wildman–Crippen LogP) is 4.24. The highest BCUT2D eigenvalue weighted by Gasteiger charge is 2.14. The molecule has 8 heteroatoms. The summed E-state index contributed by atoms with van der Waals surface area (Å²) in [7, 11) is 1.92. The molecule has 1 saturated heterocycles. The van der Waals surface area contributed by atoms with Crippen LogP contribution in [0.4, 0.5) is 11.6 Å². The number of anilines is 2. The first-order valence-corrected chi connectivity index (χ1v) is 11.1. The fraction of sp³-hybridized carbons (Fsp3) is 0.240.